The fourth-order valence-corrected chi connectivity index (χ4v) is 2.78. The van der Waals surface area contributed by atoms with Gasteiger partial charge in [-0.1, -0.05) is 24.3 Å². The van der Waals surface area contributed by atoms with E-state index in [1.54, 1.807) is 24.3 Å². The first-order valence-corrected chi connectivity index (χ1v) is 8.42. The van der Waals surface area contributed by atoms with Crippen LogP contribution in [0, 0.1) is 0 Å². The van der Waals surface area contributed by atoms with Crippen LogP contribution in [0.25, 0.3) is 22.2 Å². The number of carbonyl (C=O) groups excluding carboxylic acids is 1. The molecule has 4 aromatic rings. The normalized spacial score (nSPS) is 11.4. The maximum atomic E-state index is 13.1. The number of para-hydroxylation sites is 1. The standard InChI is InChI=1S/C20H12F3N5O/c21-20(22,23)13-6-7-25-16(10-13)14-3-1-2-12-4-5-15(27-18(12)14)19(29)28-17-11-24-8-9-26-17/h1-11H,(H,26,28,29). The predicted molar refractivity (Wildman–Crippen MR) is 100.0 cm³/mol. The van der Waals surface area contributed by atoms with Crippen molar-refractivity contribution < 1.29 is 18.0 Å². The van der Waals surface area contributed by atoms with Gasteiger partial charge in [0.15, 0.2) is 5.82 Å². The zero-order chi connectivity index (χ0) is 20.4. The van der Waals surface area contributed by atoms with Gasteiger partial charge in [0.1, 0.15) is 5.69 Å². The summed E-state index contributed by atoms with van der Waals surface area (Å²) >= 11 is 0. The number of fused-ring (bicyclic) bond motifs is 1. The van der Waals surface area contributed by atoms with E-state index in [4.69, 9.17) is 0 Å². The number of anilines is 1. The Labute approximate surface area is 162 Å². The minimum absolute atomic E-state index is 0.0857. The number of rotatable bonds is 3. The number of benzene rings is 1. The lowest BCUT2D eigenvalue weighted by atomic mass is 10.0. The van der Waals surface area contributed by atoms with E-state index in [0.717, 1.165) is 18.3 Å². The number of hydrogen-bond donors (Lipinski definition) is 1. The molecule has 0 saturated heterocycles. The Hall–Kier alpha value is -3.88. The molecule has 3 heterocycles. The van der Waals surface area contributed by atoms with Gasteiger partial charge in [-0.15, -0.1) is 0 Å². The first-order chi connectivity index (χ1) is 13.9. The minimum atomic E-state index is -4.49. The van der Waals surface area contributed by atoms with Crippen molar-refractivity contribution >= 4 is 22.6 Å². The Morgan fingerprint density at radius 1 is 0.966 bits per heavy atom. The number of amides is 1. The molecule has 0 fully saturated rings. The van der Waals surface area contributed by atoms with E-state index in [1.165, 1.54) is 24.7 Å². The monoisotopic (exact) mass is 395 g/mol. The lowest BCUT2D eigenvalue weighted by Crippen LogP contribution is -2.14. The molecule has 1 amide bonds. The Bertz CT molecular complexity index is 1200. The van der Waals surface area contributed by atoms with Crippen molar-refractivity contribution in [1.29, 1.82) is 0 Å². The molecule has 144 valence electrons. The van der Waals surface area contributed by atoms with Crippen molar-refractivity contribution in [3.8, 4) is 11.3 Å². The molecular formula is C20H12F3N5O. The summed E-state index contributed by atoms with van der Waals surface area (Å²) in [5.41, 5.74) is 0.150. The summed E-state index contributed by atoms with van der Waals surface area (Å²) in [6, 6.07) is 10.1. The molecule has 1 N–H and O–H groups in total. The van der Waals surface area contributed by atoms with Gasteiger partial charge in [-0.25, -0.2) is 9.97 Å². The van der Waals surface area contributed by atoms with Crippen LogP contribution >= 0.6 is 0 Å². The molecule has 0 bridgehead atoms. The summed E-state index contributed by atoms with van der Waals surface area (Å²) in [5.74, 6) is -0.258. The zero-order valence-electron chi connectivity index (χ0n) is 14.7. The molecule has 4 rings (SSSR count). The van der Waals surface area contributed by atoms with Crippen molar-refractivity contribution in [2.45, 2.75) is 6.18 Å². The number of nitrogens with zero attached hydrogens (tertiary/aromatic N) is 4. The lowest BCUT2D eigenvalue weighted by molar-refractivity contribution is -0.137. The van der Waals surface area contributed by atoms with Crippen LogP contribution in [0.2, 0.25) is 0 Å². The summed E-state index contributed by atoms with van der Waals surface area (Å²) < 4.78 is 39.2. The van der Waals surface area contributed by atoms with Crippen LogP contribution in [0.4, 0.5) is 19.0 Å². The molecule has 6 nitrogen and oxygen atoms in total. The summed E-state index contributed by atoms with van der Waals surface area (Å²) in [7, 11) is 0. The van der Waals surface area contributed by atoms with Crippen LogP contribution in [0.1, 0.15) is 16.1 Å². The molecule has 3 aromatic heterocycles. The van der Waals surface area contributed by atoms with Crippen LogP contribution in [0.15, 0.2) is 67.3 Å². The van der Waals surface area contributed by atoms with Crippen LogP contribution in [-0.4, -0.2) is 25.8 Å². The second-order valence-electron chi connectivity index (χ2n) is 6.05. The van der Waals surface area contributed by atoms with Crippen LogP contribution in [-0.2, 0) is 6.18 Å². The summed E-state index contributed by atoms with van der Waals surface area (Å²) in [4.78, 5) is 28.7. The van der Waals surface area contributed by atoms with Crippen LogP contribution in [0.3, 0.4) is 0 Å². The largest absolute Gasteiger partial charge is 0.416 e. The third-order valence-corrected chi connectivity index (χ3v) is 4.12. The molecular weight excluding hydrogens is 383 g/mol. The Balaban J connectivity index is 1.76. The Kier molecular flexibility index (Phi) is 4.63. The van der Waals surface area contributed by atoms with Crippen molar-refractivity contribution in [1.82, 2.24) is 19.9 Å². The zero-order valence-corrected chi connectivity index (χ0v) is 14.7. The molecule has 0 saturated carbocycles. The lowest BCUT2D eigenvalue weighted by Gasteiger charge is -2.10. The van der Waals surface area contributed by atoms with E-state index in [2.05, 4.69) is 25.3 Å². The molecule has 0 radical (unpaired) electrons. The SMILES string of the molecule is O=C(Nc1cnccn1)c1ccc2cccc(-c3cc(C(F)(F)F)ccn3)c2n1. The molecule has 0 aliphatic carbocycles. The second kappa shape index (κ2) is 7.27. The summed E-state index contributed by atoms with van der Waals surface area (Å²) in [6.45, 7) is 0. The van der Waals surface area contributed by atoms with Crippen LogP contribution in [0.5, 0.6) is 0 Å². The van der Waals surface area contributed by atoms with Gasteiger partial charge in [0.25, 0.3) is 5.91 Å². The number of alkyl halides is 3. The van der Waals surface area contributed by atoms with E-state index < -0.39 is 17.6 Å². The summed E-state index contributed by atoms with van der Waals surface area (Å²) in [5, 5.41) is 3.24. The molecule has 0 atom stereocenters. The van der Waals surface area contributed by atoms with E-state index in [-0.39, 0.29) is 17.2 Å². The highest BCUT2D eigenvalue weighted by atomic mass is 19.4. The molecule has 9 heteroatoms. The maximum absolute atomic E-state index is 13.1. The van der Waals surface area contributed by atoms with Gasteiger partial charge >= 0.3 is 6.18 Å². The topological polar surface area (TPSA) is 80.7 Å². The van der Waals surface area contributed by atoms with Crippen molar-refractivity contribution in [3.05, 3.63) is 78.5 Å². The van der Waals surface area contributed by atoms with Gasteiger partial charge < -0.3 is 5.32 Å². The Morgan fingerprint density at radius 2 is 1.83 bits per heavy atom. The van der Waals surface area contributed by atoms with E-state index >= 15 is 0 Å². The highest BCUT2D eigenvalue weighted by Crippen LogP contribution is 2.33. The van der Waals surface area contributed by atoms with Crippen molar-refractivity contribution in [2.24, 2.45) is 0 Å². The highest BCUT2D eigenvalue weighted by Gasteiger charge is 2.31. The number of carbonyl (C=O) groups is 1. The van der Waals surface area contributed by atoms with E-state index in [1.807, 2.05) is 0 Å². The third-order valence-electron chi connectivity index (χ3n) is 4.12. The van der Waals surface area contributed by atoms with Gasteiger partial charge in [-0.05, 0) is 18.2 Å². The average molecular weight is 395 g/mol. The second-order valence-corrected chi connectivity index (χ2v) is 6.05. The number of aromatic nitrogens is 4. The van der Waals surface area contributed by atoms with Gasteiger partial charge in [-0.3, -0.25) is 14.8 Å². The number of pyridine rings is 2. The molecule has 0 spiro atoms. The first kappa shape index (κ1) is 18.5. The minimum Gasteiger partial charge on any atom is -0.304 e. The Morgan fingerprint density at radius 3 is 2.59 bits per heavy atom. The van der Waals surface area contributed by atoms with Gasteiger partial charge in [-0.2, -0.15) is 13.2 Å². The van der Waals surface area contributed by atoms with Crippen molar-refractivity contribution in [2.75, 3.05) is 5.32 Å². The predicted octanol–water partition coefficient (Wildman–Crippen LogP) is 4.36. The molecule has 0 aliphatic rings. The molecule has 1 aromatic carbocycles. The molecule has 0 aliphatic heterocycles. The smallest absolute Gasteiger partial charge is 0.304 e. The van der Waals surface area contributed by atoms with Crippen LogP contribution < -0.4 is 5.32 Å². The molecule has 0 unspecified atom stereocenters. The molecule has 29 heavy (non-hydrogen) atoms. The fourth-order valence-electron chi connectivity index (χ4n) is 2.78. The van der Waals surface area contributed by atoms with E-state index in [0.29, 0.717) is 16.5 Å². The first-order valence-electron chi connectivity index (χ1n) is 8.42. The average Bonchev–Trinajstić information content (AvgIpc) is 2.73. The number of nitrogens with one attached hydrogen (secondary N) is 1. The quantitative estimate of drug-likeness (QED) is 0.558. The van der Waals surface area contributed by atoms with Gasteiger partial charge in [0.05, 0.1) is 23.0 Å². The number of halogens is 3. The highest BCUT2D eigenvalue weighted by molar-refractivity contribution is 6.04. The fraction of sp³-hybridized carbons (Fsp3) is 0.0500. The van der Waals surface area contributed by atoms with Gasteiger partial charge in [0, 0.05) is 29.5 Å². The third kappa shape index (κ3) is 3.88. The number of hydrogen-bond acceptors (Lipinski definition) is 5. The van der Waals surface area contributed by atoms with Gasteiger partial charge in [0.2, 0.25) is 0 Å². The van der Waals surface area contributed by atoms with E-state index in [9.17, 15) is 18.0 Å². The van der Waals surface area contributed by atoms with Crippen molar-refractivity contribution in [3.63, 3.8) is 0 Å². The maximum Gasteiger partial charge on any atom is 0.416 e. The summed E-state index contributed by atoms with van der Waals surface area (Å²) in [6.07, 6.45) is 0.898.